The van der Waals surface area contributed by atoms with Crippen LogP contribution in [0, 0.1) is 0 Å². The summed E-state index contributed by atoms with van der Waals surface area (Å²) in [5, 5.41) is 0. The van der Waals surface area contributed by atoms with E-state index in [9.17, 15) is 0 Å². The topological polar surface area (TPSA) is 22.1 Å². The van der Waals surface area contributed by atoms with E-state index in [0.717, 1.165) is 17.9 Å². The Balaban J connectivity index is 2.47. The molecule has 0 fully saturated rings. The van der Waals surface area contributed by atoms with Crippen molar-refractivity contribution in [1.82, 2.24) is 4.98 Å². The lowest BCUT2D eigenvalue weighted by Gasteiger charge is -2.08. The summed E-state index contributed by atoms with van der Waals surface area (Å²) in [7, 11) is 0. The summed E-state index contributed by atoms with van der Waals surface area (Å²) in [6.45, 7) is 0. The third kappa shape index (κ3) is 0.778. The van der Waals surface area contributed by atoms with Gasteiger partial charge >= 0.3 is 0 Å². The smallest absolute Gasteiger partial charge is 0.148 e. The van der Waals surface area contributed by atoms with Crippen LogP contribution < -0.4 is 4.74 Å². The van der Waals surface area contributed by atoms with Crippen LogP contribution >= 0.6 is 0 Å². The molecule has 1 aliphatic rings. The maximum Gasteiger partial charge on any atom is 0.148 e. The van der Waals surface area contributed by atoms with Crippen molar-refractivity contribution in [3.05, 3.63) is 36.4 Å². The van der Waals surface area contributed by atoms with Crippen LogP contribution in [-0.4, -0.2) is 4.98 Å². The van der Waals surface area contributed by atoms with Crippen LogP contribution in [-0.2, 0) is 6.42 Å². The van der Waals surface area contributed by atoms with Gasteiger partial charge in [0.25, 0.3) is 0 Å². The highest BCUT2D eigenvalue weighted by Gasteiger charge is 2.04. The fourth-order valence-electron chi connectivity index (χ4n) is 0.965. The van der Waals surface area contributed by atoms with E-state index in [1.54, 1.807) is 12.5 Å². The van der Waals surface area contributed by atoms with Crippen molar-refractivity contribution >= 4 is 0 Å². The molecule has 10 heavy (non-hydrogen) atoms. The molecule has 2 heteroatoms. The second kappa shape index (κ2) is 2.14. The molecule has 1 aromatic heterocycles. The number of hydrogen-bond acceptors (Lipinski definition) is 2. The molecule has 0 N–H and O–H groups in total. The van der Waals surface area contributed by atoms with Gasteiger partial charge in [-0.3, -0.25) is 4.98 Å². The molecule has 1 aromatic rings. The first-order valence-corrected chi connectivity index (χ1v) is 3.22. The van der Waals surface area contributed by atoms with E-state index in [4.69, 9.17) is 4.74 Å². The average Bonchev–Trinajstić information content (AvgIpc) is 2.05. The van der Waals surface area contributed by atoms with Gasteiger partial charge in [-0.15, -0.1) is 0 Å². The highest BCUT2D eigenvalue weighted by molar-refractivity contribution is 5.31. The first kappa shape index (κ1) is 5.47. The minimum Gasteiger partial charge on any atom is -0.463 e. The number of rotatable bonds is 0. The van der Waals surface area contributed by atoms with Crippen LogP contribution in [0.25, 0.3) is 0 Å². The third-order valence-corrected chi connectivity index (χ3v) is 1.45. The van der Waals surface area contributed by atoms with Crippen LogP contribution in [0.2, 0.25) is 0 Å². The fraction of sp³-hybridized carbons (Fsp3) is 0.125. The van der Waals surface area contributed by atoms with E-state index >= 15 is 0 Å². The summed E-state index contributed by atoms with van der Waals surface area (Å²) in [5.41, 5.74) is 1.02. The highest BCUT2D eigenvalue weighted by Crippen LogP contribution is 2.19. The normalized spacial score (nSPS) is 14.0. The predicted octanol–water partition coefficient (Wildman–Crippen LogP) is 1.53. The molecule has 0 amide bonds. The minimum atomic E-state index is 0.880. The number of ether oxygens (including phenoxy) is 1. The molecular formula is C8H7NO. The molecule has 0 radical (unpaired) electrons. The Kier molecular flexibility index (Phi) is 1.17. The molecule has 0 aliphatic carbocycles. The van der Waals surface area contributed by atoms with Crippen molar-refractivity contribution < 1.29 is 4.74 Å². The van der Waals surface area contributed by atoms with Gasteiger partial charge in [-0.2, -0.15) is 0 Å². The Bertz CT molecular complexity index is 241. The van der Waals surface area contributed by atoms with Crippen LogP contribution in [0.4, 0.5) is 0 Å². The quantitative estimate of drug-likeness (QED) is 0.535. The van der Waals surface area contributed by atoms with Crippen molar-refractivity contribution in [2.75, 3.05) is 0 Å². The van der Waals surface area contributed by atoms with E-state index in [2.05, 4.69) is 4.98 Å². The Morgan fingerprint density at radius 1 is 1.50 bits per heavy atom. The van der Waals surface area contributed by atoms with Gasteiger partial charge in [-0.05, 0) is 18.2 Å². The number of aromatic nitrogens is 1. The number of allylic oxidation sites excluding steroid dienone is 1. The maximum atomic E-state index is 5.18. The zero-order valence-electron chi connectivity index (χ0n) is 5.45. The molecule has 0 aromatic carbocycles. The van der Waals surface area contributed by atoms with Crippen molar-refractivity contribution in [3.63, 3.8) is 0 Å². The zero-order valence-corrected chi connectivity index (χ0v) is 5.45. The summed E-state index contributed by atoms with van der Waals surface area (Å²) in [4.78, 5) is 4.14. The molecule has 0 saturated heterocycles. The lowest BCUT2D eigenvalue weighted by molar-refractivity contribution is 0.460. The van der Waals surface area contributed by atoms with Gasteiger partial charge < -0.3 is 4.74 Å². The van der Waals surface area contributed by atoms with E-state index in [0.29, 0.717) is 0 Å². The summed E-state index contributed by atoms with van der Waals surface area (Å²) in [6.07, 6.45) is 6.32. The first-order chi connectivity index (χ1) is 4.97. The van der Waals surface area contributed by atoms with Gasteiger partial charge in [0.15, 0.2) is 0 Å². The maximum absolute atomic E-state index is 5.18. The van der Waals surface area contributed by atoms with Crippen LogP contribution in [0.1, 0.15) is 5.69 Å². The number of nitrogens with zero attached hydrogens (tertiary/aromatic N) is 1. The molecule has 50 valence electrons. The molecule has 0 bridgehead atoms. The summed E-state index contributed by atoms with van der Waals surface area (Å²) >= 11 is 0. The number of hydrogen-bond donors (Lipinski definition) is 0. The minimum absolute atomic E-state index is 0.880. The molecule has 0 spiro atoms. The van der Waals surface area contributed by atoms with Gasteiger partial charge in [0, 0.05) is 12.6 Å². The molecule has 2 nitrogen and oxygen atoms in total. The Morgan fingerprint density at radius 2 is 2.50 bits per heavy atom. The molecule has 1 aliphatic heterocycles. The Hall–Kier alpha value is -1.31. The van der Waals surface area contributed by atoms with E-state index < -0.39 is 0 Å². The van der Waals surface area contributed by atoms with Crippen molar-refractivity contribution in [1.29, 1.82) is 0 Å². The van der Waals surface area contributed by atoms with Crippen LogP contribution in [0.5, 0.6) is 5.75 Å². The largest absolute Gasteiger partial charge is 0.463 e. The average molecular weight is 133 g/mol. The van der Waals surface area contributed by atoms with Gasteiger partial charge in [0.2, 0.25) is 0 Å². The fourth-order valence-corrected chi connectivity index (χ4v) is 0.965. The second-order valence-corrected chi connectivity index (χ2v) is 2.14. The Labute approximate surface area is 59.2 Å². The van der Waals surface area contributed by atoms with Crippen LogP contribution in [0.3, 0.4) is 0 Å². The first-order valence-electron chi connectivity index (χ1n) is 3.22. The van der Waals surface area contributed by atoms with Gasteiger partial charge in [-0.25, -0.2) is 0 Å². The standard InChI is InChI=1S/C8H7NO/c1-4-8-7(9-5-1)3-2-6-10-8/h1-2,4-6H,3H2. The van der Waals surface area contributed by atoms with E-state index in [1.165, 1.54) is 0 Å². The number of fused-ring (bicyclic) bond motifs is 1. The number of pyridine rings is 1. The molecule has 0 atom stereocenters. The van der Waals surface area contributed by atoms with Gasteiger partial charge in [-0.1, -0.05) is 0 Å². The van der Waals surface area contributed by atoms with Gasteiger partial charge in [0.05, 0.1) is 12.0 Å². The zero-order chi connectivity index (χ0) is 6.81. The van der Waals surface area contributed by atoms with Crippen molar-refractivity contribution in [3.8, 4) is 5.75 Å². The molecular weight excluding hydrogens is 126 g/mol. The lowest BCUT2D eigenvalue weighted by atomic mass is 10.2. The summed E-state index contributed by atoms with van der Waals surface area (Å²) < 4.78 is 5.18. The van der Waals surface area contributed by atoms with Gasteiger partial charge in [0.1, 0.15) is 5.75 Å². The van der Waals surface area contributed by atoms with E-state index in [1.807, 2.05) is 18.2 Å². The van der Waals surface area contributed by atoms with E-state index in [-0.39, 0.29) is 0 Å². The molecule has 2 heterocycles. The molecule has 0 saturated carbocycles. The highest BCUT2D eigenvalue weighted by atomic mass is 16.5. The van der Waals surface area contributed by atoms with Crippen molar-refractivity contribution in [2.24, 2.45) is 0 Å². The monoisotopic (exact) mass is 133 g/mol. The van der Waals surface area contributed by atoms with Crippen LogP contribution in [0.15, 0.2) is 30.7 Å². The third-order valence-electron chi connectivity index (χ3n) is 1.45. The SMILES string of the molecule is C1=COc2cccnc2C1. The second-order valence-electron chi connectivity index (χ2n) is 2.14. The predicted molar refractivity (Wildman–Crippen MR) is 37.7 cm³/mol. The summed E-state index contributed by atoms with van der Waals surface area (Å²) in [6, 6.07) is 3.80. The molecule has 2 rings (SSSR count). The Morgan fingerprint density at radius 3 is 3.40 bits per heavy atom. The van der Waals surface area contributed by atoms with Crippen molar-refractivity contribution in [2.45, 2.75) is 6.42 Å². The summed E-state index contributed by atoms with van der Waals surface area (Å²) in [5.74, 6) is 0.880. The lowest BCUT2D eigenvalue weighted by Crippen LogP contribution is -1.97. The molecule has 0 unspecified atom stereocenters.